The topological polar surface area (TPSA) is 38.3 Å². The molecule has 0 aromatic heterocycles. The fourth-order valence-electron chi connectivity index (χ4n) is 2.29. The van der Waals surface area contributed by atoms with Crippen LogP contribution in [-0.2, 0) is 4.79 Å². The largest absolute Gasteiger partial charge is 0.478 e. The number of ether oxygens (including phenoxy) is 1. The van der Waals surface area contributed by atoms with E-state index in [-0.39, 0.29) is 37.5 Å². The van der Waals surface area contributed by atoms with Crippen molar-refractivity contribution < 1.29 is 22.7 Å². The van der Waals surface area contributed by atoms with Crippen molar-refractivity contribution in [2.45, 2.75) is 50.7 Å². The normalized spacial score (nSPS) is 19.8. The average molecular weight is 301 g/mol. The molecule has 1 aliphatic carbocycles. The number of benzene rings is 1. The smallest absolute Gasteiger partial charge is 0.260 e. The van der Waals surface area contributed by atoms with Gasteiger partial charge in [0.05, 0.1) is 0 Å². The van der Waals surface area contributed by atoms with Gasteiger partial charge in [0.1, 0.15) is 0 Å². The van der Waals surface area contributed by atoms with Crippen LogP contribution in [0.4, 0.5) is 13.2 Å². The summed E-state index contributed by atoms with van der Waals surface area (Å²) in [6.45, 7) is 1.50. The van der Waals surface area contributed by atoms with Crippen LogP contribution in [0.15, 0.2) is 24.3 Å². The van der Waals surface area contributed by atoms with Crippen molar-refractivity contribution >= 4 is 5.91 Å². The van der Waals surface area contributed by atoms with Gasteiger partial charge in [-0.15, -0.1) is 0 Å². The summed E-state index contributed by atoms with van der Waals surface area (Å²) in [6, 6.07) is 5.52. The van der Waals surface area contributed by atoms with Crippen LogP contribution in [0.5, 0.6) is 5.75 Å². The molecule has 0 spiro atoms. The predicted molar refractivity (Wildman–Crippen MR) is 71.8 cm³/mol. The molecule has 1 aliphatic rings. The average Bonchev–Trinajstić information content (AvgIpc) is 2.43. The van der Waals surface area contributed by atoms with E-state index >= 15 is 0 Å². The fraction of sp³-hybridized carbons (Fsp3) is 0.533. The van der Waals surface area contributed by atoms with Crippen LogP contribution in [0.3, 0.4) is 0 Å². The number of carbonyl (C=O) groups is 1. The molecule has 1 aromatic carbocycles. The maximum Gasteiger partial charge on any atom is 0.260 e. The Balaban J connectivity index is 1.85. The first-order chi connectivity index (χ1) is 9.87. The number of para-hydroxylation sites is 1. The van der Waals surface area contributed by atoms with Gasteiger partial charge in [0.25, 0.3) is 5.91 Å². The Hall–Kier alpha value is -1.72. The lowest BCUT2D eigenvalue weighted by atomic mass is 9.92. The minimum atomic E-state index is -2.63. The summed E-state index contributed by atoms with van der Waals surface area (Å²) >= 11 is 0. The SMILES string of the molecule is C[C@@H](Oc1ccccc1F)C(=O)NC1CCC(F)(F)CC1. The molecule has 1 atom stereocenters. The van der Waals surface area contributed by atoms with E-state index in [1.807, 2.05) is 0 Å². The second-order valence-corrected chi connectivity index (χ2v) is 5.33. The summed E-state index contributed by atoms with van der Waals surface area (Å²) in [5.41, 5.74) is 0. The minimum absolute atomic E-state index is 0.00433. The van der Waals surface area contributed by atoms with E-state index in [9.17, 15) is 18.0 Å². The number of hydrogen-bond acceptors (Lipinski definition) is 2. The van der Waals surface area contributed by atoms with Crippen LogP contribution >= 0.6 is 0 Å². The molecule has 2 rings (SSSR count). The maximum atomic E-state index is 13.4. The molecule has 116 valence electrons. The van der Waals surface area contributed by atoms with Crippen molar-refractivity contribution in [3.05, 3.63) is 30.1 Å². The Bertz CT molecular complexity index is 497. The highest BCUT2D eigenvalue weighted by atomic mass is 19.3. The van der Waals surface area contributed by atoms with Gasteiger partial charge in [0, 0.05) is 18.9 Å². The van der Waals surface area contributed by atoms with E-state index in [1.54, 1.807) is 6.07 Å². The number of amides is 1. The maximum absolute atomic E-state index is 13.4. The van der Waals surface area contributed by atoms with Gasteiger partial charge in [-0.25, -0.2) is 13.2 Å². The van der Waals surface area contributed by atoms with E-state index in [0.29, 0.717) is 0 Å². The molecule has 1 saturated carbocycles. The van der Waals surface area contributed by atoms with Crippen molar-refractivity contribution in [1.82, 2.24) is 5.32 Å². The first kappa shape index (κ1) is 15.7. The van der Waals surface area contributed by atoms with E-state index in [1.165, 1.54) is 25.1 Å². The van der Waals surface area contributed by atoms with Crippen LogP contribution in [0.1, 0.15) is 32.6 Å². The Labute approximate surface area is 121 Å². The quantitative estimate of drug-likeness (QED) is 0.927. The van der Waals surface area contributed by atoms with Crippen LogP contribution in [-0.4, -0.2) is 24.0 Å². The molecule has 6 heteroatoms. The summed E-state index contributed by atoms with van der Waals surface area (Å²) in [6.07, 6.45) is -0.846. The monoisotopic (exact) mass is 301 g/mol. The molecule has 21 heavy (non-hydrogen) atoms. The number of carbonyl (C=O) groups excluding carboxylic acids is 1. The molecular weight excluding hydrogens is 283 g/mol. The first-order valence-corrected chi connectivity index (χ1v) is 6.97. The predicted octanol–water partition coefficient (Wildman–Crippen LogP) is 3.29. The summed E-state index contributed by atoms with van der Waals surface area (Å²) in [4.78, 5) is 11.9. The second-order valence-electron chi connectivity index (χ2n) is 5.33. The molecule has 0 unspecified atom stereocenters. The van der Waals surface area contributed by atoms with Gasteiger partial charge < -0.3 is 10.1 Å². The van der Waals surface area contributed by atoms with Gasteiger partial charge in [-0.05, 0) is 31.9 Å². The highest BCUT2D eigenvalue weighted by molar-refractivity contribution is 5.81. The lowest BCUT2D eigenvalue weighted by Gasteiger charge is -2.29. The van der Waals surface area contributed by atoms with E-state index in [4.69, 9.17) is 4.74 Å². The van der Waals surface area contributed by atoms with Crippen molar-refractivity contribution in [2.24, 2.45) is 0 Å². The van der Waals surface area contributed by atoms with Crippen molar-refractivity contribution in [3.63, 3.8) is 0 Å². The van der Waals surface area contributed by atoms with E-state index < -0.39 is 23.8 Å². The molecule has 1 aromatic rings. The van der Waals surface area contributed by atoms with Gasteiger partial charge in [0.2, 0.25) is 5.92 Å². The number of hydrogen-bond donors (Lipinski definition) is 1. The van der Waals surface area contributed by atoms with Gasteiger partial charge >= 0.3 is 0 Å². The number of rotatable bonds is 4. The highest BCUT2D eigenvalue weighted by Crippen LogP contribution is 2.33. The van der Waals surface area contributed by atoms with Crippen molar-refractivity contribution in [1.29, 1.82) is 0 Å². The molecule has 1 N–H and O–H groups in total. The third-order valence-corrected chi connectivity index (χ3v) is 3.57. The molecular formula is C15H18F3NO2. The lowest BCUT2D eigenvalue weighted by Crippen LogP contribution is -2.45. The van der Waals surface area contributed by atoms with Gasteiger partial charge in [0.15, 0.2) is 17.7 Å². The van der Waals surface area contributed by atoms with Crippen LogP contribution in [0, 0.1) is 5.82 Å². The molecule has 1 amide bonds. The van der Waals surface area contributed by atoms with Crippen LogP contribution in [0.25, 0.3) is 0 Å². The minimum Gasteiger partial charge on any atom is -0.478 e. The molecule has 0 aliphatic heterocycles. The third kappa shape index (κ3) is 4.37. The molecule has 0 bridgehead atoms. The molecule has 1 fully saturated rings. The zero-order valence-corrected chi connectivity index (χ0v) is 11.7. The zero-order valence-electron chi connectivity index (χ0n) is 11.7. The Kier molecular flexibility index (Phi) is 4.75. The Morgan fingerprint density at radius 1 is 1.33 bits per heavy atom. The molecule has 3 nitrogen and oxygen atoms in total. The Morgan fingerprint density at radius 2 is 1.95 bits per heavy atom. The summed E-state index contributed by atoms with van der Waals surface area (Å²) in [5, 5.41) is 2.68. The van der Waals surface area contributed by atoms with Crippen LogP contribution < -0.4 is 10.1 Å². The number of nitrogens with one attached hydrogen (secondary N) is 1. The van der Waals surface area contributed by atoms with Gasteiger partial charge in [-0.1, -0.05) is 12.1 Å². The number of alkyl halides is 2. The fourth-order valence-corrected chi connectivity index (χ4v) is 2.29. The standard InChI is InChI=1S/C15H18F3NO2/c1-10(21-13-5-3-2-4-12(13)16)14(20)19-11-6-8-15(17,18)9-7-11/h2-5,10-11H,6-9H2,1H3,(H,19,20)/t10-/m1/s1. The van der Waals surface area contributed by atoms with Gasteiger partial charge in [-0.3, -0.25) is 4.79 Å². The highest BCUT2D eigenvalue weighted by Gasteiger charge is 2.35. The zero-order chi connectivity index (χ0) is 15.5. The second kappa shape index (κ2) is 6.37. The van der Waals surface area contributed by atoms with E-state index in [2.05, 4.69) is 5.32 Å². The molecule has 0 heterocycles. The lowest BCUT2D eigenvalue weighted by molar-refractivity contribution is -0.129. The summed E-state index contributed by atoms with van der Waals surface area (Å²) in [7, 11) is 0. The summed E-state index contributed by atoms with van der Waals surface area (Å²) < 4.78 is 44.7. The summed E-state index contributed by atoms with van der Waals surface area (Å²) in [5.74, 6) is -3.60. The molecule has 0 saturated heterocycles. The van der Waals surface area contributed by atoms with Gasteiger partial charge in [-0.2, -0.15) is 0 Å². The number of halogens is 3. The van der Waals surface area contributed by atoms with Crippen molar-refractivity contribution in [2.75, 3.05) is 0 Å². The third-order valence-electron chi connectivity index (χ3n) is 3.57. The van der Waals surface area contributed by atoms with Crippen LogP contribution in [0.2, 0.25) is 0 Å². The molecule has 0 radical (unpaired) electrons. The van der Waals surface area contributed by atoms with E-state index in [0.717, 1.165) is 0 Å². The Morgan fingerprint density at radius 3 is 2.57 bits per heavy atom. The first-order valence-electron chi connectivity index (χ1n) is 6.97. The van der Waals surface area contributed by atoms with Crippen molar-refractivity contribution in [3.8, 4) is 5.75 Å².